The first-order chi connectivity index (χ1) is 8.24. The second kappa shape index (κ2) is 5.71. The van der Waals surface area contributed by atoms with Crippen LogP contribution in [0.5, 0.6) is 5.75 Å². The first-order valence-electron chi connectivity index (χ1n) is 5.82. The van der Waals surface area contributed by atoms with Crippen molar-refractivity contribution in [1.82, 2.24) is 0 Å². The monoisotopic (exact) mass is 256 g/mol. The highest BCUT2D eigenvalue weighted by Crippen LogP contribution is 2.38. The highest BCUT2D eigenvalue weighted by Gasteiger charge is 2.27. The Hall–Kier alpha value is -0.770. The summed E-state index contributed by atoms with van der Waals surface area (Å²) in [4.78, 5) is 0. The van der Waals surface area contributed by atoms with Gasteiger partial charge in [-0.2, -0.15) is 0 Å². The number of hydrogen-bond acceptors (Lipinski definition) is 3. The zero-order valence-corrected chi connectivity index (χ0v) is 10.6. The molecule has 94 valence electrons. The molecule has 0 spiro atoms. The van der Waals surface area contributed by atoms with Crippen molar-refractivity contribution in [3.8, 4) is 5.75 Å². The fraction of sp³-hybridized carbons (Fsp3) is 0.538. The van der Waals surface area contributed by atoms with Gasteiger partial charge in [-0.1, -0.05) is 17.7 Å². The second-order valence-corrected chi connectivity index (χ2v) is 4.66. The van der Waals surface area contributed by atoms with Gasteiger partial charge in [-0.25, -0.2) is 0 Å². The van der Waals surface area contributed by atoms with Gasteiger partial charge >= 0.3 is 0 Å². The fourth-order valence-corrected chi connectivity index (χ4v) is 2.53. The van der Waals surface area contributed by atoms with Gasteiger partial charge < -0.3 is 14.6 Å². The number of aliphatic hydroxyl groups is 1. The largest absolute Gasteiger partial charge is 0.496 e. The van der Waals surface area contributed by atoms with Crippen LogP contribution in [0.1, 0.15) is 24.5 Å². The van der Waals surface area contributed by atoms with Gasteiger partial charge in [0.25, 0.3) is 0 Å². The van der Waals surface area contributed by atoms with Crippen LogP contribution in [0.25, 0.3) is 0 Å². The Morgan fingerprint density at radius 3 is 2.76 bits per heavy atom. The molecule has 1 unspecified atom stereocenters. The number of rotatable bonds is 3. The van der Waals surface area contributed by atoms with Gasteiger partial charge in [-0.15, -0.1) is 0 Å². The minimum atomic E-state index is -0.581. The number of halogens is 1. The van der Waals surface area contributed by atoms with Crippen LogP contribution in [0, 0.1) is 5.92 Å². The highest BCUT2D eigenvalue weighted by molar-refractivity contribution is 6.31. The molecule has 1 aliphatic heterocycles. The Balaban J connectivity index is 2.25. The summed E-state index contributed by atoms with van der Waals surface area (Å²) >= 11 is 6.15. The van der Waals surface area contributed by atoms with Crippen molar-refractivity contribution in [2.24, 2.45) is 5.92 Å². The van der Waals surface area contributed by atoms with Crippen LogP contribution >= 0.6 is 11.6 Å². The van der Waals surface area contributed by atoms with Crippen LogP contribution < -0.4 is 4.74 Å². The second-order valence-electron chi connectivity index (χ2n) is 4.25. The molecule has 0 aliphatic carbocycles. The number of aliphatic hydroxyl groups excluding tert-OH is 1. The molecular weight excluding hydrogens is 240 g/mol. The van der Waals surface area contributed by atoms with Crippen molar-refractivity contribution in [1.29, 1.82) is 0 Å². The maximum absolute atomic E-state index is 10.4. The molecule has 0 aromatic heterocycles. The molecule has 1 N–H and O–H groups in total. The predicted molar refractivity (Wildman–Crippen MR) is 66.5 cm³/mol. The number of methoxy groups -OCH3 is 1. The highest BCUT2D eigenvalue weighted by atomic mass is 35.5. The van der Waals surface area contributed by atoms with E-state index >= 15 is 0 Å². The van der Waals surface area contributed by atoms with E-state index in [1.165, 1.54) is 0 Å². The van der Waals surface area contributed by atoms with Crippen LogP contribution in [0.3, 0.4) is 0 Å². The molecule has 0 bridgehead atoms. The van der Waals surface area contributed by atoms with Crippen molar-refractivity contribution in [3.05, 3.63) is 28.8 Å². The van der Waals surface area contributed by atoms with E-state index in [4.69, 9.17) is 21.1 Å². The smallest absolute Gasteiger partial charge is 0.126 e. The Morgan fingerprint density at radius 1 is 1.41 bits per heavy atom. The molecule has 1 atom stereocenters. The normalized spacial score (nSPS) is 19.0. The molecule has 0 saturated carbocycles. The minimum absolute atomic E-state index is 0.192. The fourth-order valence-electron chi connectivity index (χ4n) is 2.25. The van der Waals surface area contributed by atoms with Crippen LogP contribution in [-0.2, 0) is 4.74 Å². The first-order valence-corrected chi connectivity index (χ1v) is 6.20. The Bertz CT molecular complexity index is 375. The van der Waals surface area contributed by atoms with Gasteiger partial charge in [-0.3, -0.25) is 0 Å². The minimum Gasteiger partial charge on any atom is -0.496 e. The maximum Gasteiger partial charge on any atom is 0.126 e. The SMILES string of the molecule is COc1cccc(Cl)c1C(O)C1CCOCC1. The summed E-state index contributed by atoms with van der Waals surface area (Å²) in [6, 6.07) is 5.42. The molecule has 4 heteroatoms. The summed E-state index contributed by atoms with van der Waals surface area (Å²) in [5.74, 6) is 0.842. The van der Waals surface area contributed by atoms with Gasteiger partial charge in [0.1, 0.15) is 5.75 Å². The number of benzene rings is 1. The van der Waals surface area contributed by atoms with Crippen molar-refractivity contribution in [2.45, 2.75) is 18.9 Å². The van der Waals surface area contributed by atoms with Crippen molar-refractivity contribution >= 4 is 11.6 Å². The van der Waals surface area contributed by atoms with Crippen LogP contribution in [0.2, 0.25) is 5.02 Å². The van der Waals surface area contributed by atoms with Crippen LogP contribution in [-0.4, -0.2) is 25.4 Å². The third kappa shape index (κ3) is 2.73. The summed E-state index contributed by atoms with van der Waals surface area (Å²) in [6.07, 6.45) is 1.13. The quantitative estimate of drug-likeness (QED) is 0.904. The Morgan fingerprint density at radius 2 is 2.12 bits per heavy atom. The molecule has 1 aromatic rings. The Kier molecular flexibility index (Phi) is 4.26. The zero-order chi connectivity index (χ0) is 12.3. The third-order valence-corrected chi connectivity index (χ3v) is 3.57. The standard InChI is InChI=1S/C13H17ClO3/c1-16-11-4-2-3-10(14)12(11)13(15)9-5-7-17-8-6-9/h2-4,9,13,15H,5-8H2,1H3. The molecule has 2 rings (SSSR count). The Labute approximate surface area is 106 Å². The van der Waals surface area contributed by atoms with Crippen LogP contribution in [0.15, 0.2) is 18.2 Å². The molecule has 1 heterocycles. The molecule has 0 radical (unpaired) electrons. The summed E-state index contributed by atoms with van der Waals surface area (Å²) in [6.45, 7) is 1.41. The molecule has 3 nitrogen and oxygen atoms in total. The van der Waals surface area contributed by atoms with E-state index in [1.54, 1.807) is 13.2 Å². The van der Waals surface area contributed by atoms with E-state index in [-0.39, 0.29) is 5.92 Å². The number of hydrogen-bond donors (Lipinski definition) is 1. The first kappa shape index (κ1) is 12.7. The molecule has 1 fully saturated rings. The number of ether oxygens (including phenoxy) is 2. The van der Waals surface area contributed by atoms with Gasteiger partial charge in [0.2, 0.25) is 0 Å². The molecule has 1 aliphatic rings. The van der Waals surface area contributed by atoms with E-state index in [0.29, 0.717) is 29.5 Å². The zero-order valence-electron chi connectivity index (χ0n) is 9.86. The van der Waals surface area contributed by atoms with Gasteiger partial charge in [0.15, 0.2) is 0 Å². The van der Waals surface area contributed by atoms with Gasteiger partial charge in [0.05, 0.1) is 18.2 Å². The van der Waals surface area contributed by atoms with Crippen LogP contribution in [0.4, 0.5) is 0 Å². The van der Waals surface area contributed by atoms with E-state index in [0.717, 1.165) is 12.8 Å². The summed E-state index contributed by atoms with van der Waals surface area (Å²) < 4.78 is 10.6. The molecule has 17 heavy (non-hydrogen) atoms. The van der Waals surface area contributed by atoms with Crippen molar-refractivity contribution in [2.75, 3.05) is 20.3 Å². The summed E-state index contributed by atoms with van der Waals surface area (Å²) in [5, 5.41) is 11.0. The van der Waals surface area contributed by atoms with E-state index in [1.807, 2.05) is 12.1 Å². The van der Waals surface area contributed by atoms with Gasteiger partial charge in [-0.05, 0) is 30.9 Å². The lowest BCUT2D eigenvalue weighted by Gasteiger charge is -2.28. The summed E-state index contributed by atoms with van der Waals surface area (Å²) in [5.41, 5.74) is 0.698. The molecule has 1 saturated heterocycles. The third-order valence-electron chi connectivity index (χ3n) is 3.24. The predicted octanol–water partition coefficient (Wildman–Crippen LogP) is 2.81. The van der Waals surface area contributed by atoms with E-state index in [9.17, 15) is 5.11 Å². The molecule has 0 amide bonds. The maximum atomic E-state index is 10.4. The lowest BCUT2D eigenvalue weighted by molar-refractivity contribution is 0.00641. The summed E-state index contributed by atoms with van der Waals surface area (Å²) in [7, 11) is 1.59. The topological polar surface area (TPSA) is 38.7 Å². The van der Waals surface area contributed by atoms with E-state index < -0.39 is 6.10 Å². The van der Waals surface area contributed by atoms with Crippen molar-refractivity contribution in [3.63, 3.8) is 0 Å². The van der Waals surface area contributed by atoms with Crippen molar-refractivity contribution < 1.29 is 14.6 Å². The van der Waals surface area contributed by atoms with Gasteiger partial charge in [0, 0.05) is 18.8 Å². The molecule has 1 aromatic carbocycles. The lowest BCUT2D eigenvalue weighted by atomic mass is 9.89. The average Bonchev–Trinajstić information content (AvgIpc) is 2.38. The van der Waals surface area contributed by atoms with E-state index in [2.05, 4.69) is 0 Å². The average molecular weight is 257 g/mol. The lowest BCUT2D eigenvalue weighted by Crippen LogP contribution is -2.22. The molecular formula is C13H17ClO3.